The molecule has 336 valence electrons. The molecular formula is C47H52ClN7O8S. The summed E-state index contributed by atoms with van der Waals surface area (Å²) >= 11 is 6.21. The van der Waals surface area contributed by atoms with Gasteiger partial charge in [0.05, 0.1) is 29.4 Å². The van der Waals surface area contributed by atoms with Crippen LogP contribution in [0.5, 0.6) is 11.5 Å². The lowest BCUT2D eigenvalue weighted by Crippen LogP contribution is -2.36. The molecule has 6 N–H and O–H groups in total. The standard InChI is InChI=1S/C47H52ClN7O8S/c1-55(57,58)44-29-38(11-14-43(44)52-30-32-16-23-61-24-17-32)64(59,60)53-47(56)41-12-9-36(28-46(41)63-45-4-2-3-42-40(45)15-18-51-42)50-20-19-49-31-34-27-37(54-21-25-62-26-22-54)10-13-39(34)33-5-7-35(48)8-6-33/h2-15,18,27-29,32,49-52,57H,16-17,19-26,30-31H2,1H3,(H,53,56). The average molecular weight is 910 g/mol. The Balaban J connectivity index is 0.981. The van der Waals surface area contributed by atoms with Crippen LogP contribution >= 0.6 is 11.6 Å². The number of carbonyl (C=O) groups excluding carboxylic acids is 1. The Hall–Kier alpha value is -5.69. The molecule has 0 spiro atoms. The molecule has 2 fully saturated rings. The quantitative estimate of drug-likeness (QED) is 0.0294. The van der Waals surface area contributed by atoms with E-state index in [4.69, 9.17) is 25.8 Å². The fourth-order valence-corrected chi connectivity index (χ4v) is 9.07. The van der Waals surface area contributed by atoms with Gasteiger partial charge in [0.2, 0.25) is 0 Å². The summed E-state index contributed by atoms with van der Waals surface area (Å²) in [5, 5.41) is 34.9. The van der Waals surface area contributed by atoms with Crippen molar-refractivity contribution < 1.29 is 32.6 Å². The zero-order valence-corrected chi connectivity index (χ0v) is 37.0. The van der Waals surface area contributed by atoms with E-state index in [1.807, 2.05) is 42.5 Å². The van der Waals surface area contributed by atoms with E-state index in [0.717, 1.165) is 72.3 Å². The van der Waals surface area contributed by atoms with Crippen LogP contribution < -0.4 is 35.1 Å². The van der Waals surface area contributed by atoms with Crippen molar-refractivity contribution in [1.82, 2.24) is 19.8 Å². The van der Waals surface area contributed by atoms with E-state index >= 15 is 0 Å². The summed E-state index contributed by atoms with van der Waals surface area (Å²) in [6.07, 6.45) is 3.45. The first-order valence-corrected chi connectivity index (χ1v) is 23.2. The first kappa shape index (κ1) is 44.9. The normalized spacial score (nSPS) is 15.7. The van der Waals surface area contributed by atoms with E-state index in [2.05, 4.69) is 48.8 Å². The number of hydroxylamine groups is 2. The third-order valence-electron chi connectivity index (χ3n) is 11.4. The molecule has 1 amide bonds. The number of aromatic nitrogens is 1. The van der Waals surface area contributed by atoms with Gasteiger partial charge in [0, 0.05) is 98.1 Å². The monoisotopic (exact) mass is 909 g/mol. The number of morpholine rings is 1. The number of aromatic amines is 1. The number of rotatable bonds is 17. The zero-order chi connectivity index (χ0) is 44.7. The maximum atomic E-state index is 13.9. The highest BCUT2D eigenvalue weighted by Gasteiger charge is 2.27. The van der Waals surface area contributed by atoms with Crippen LogP contribution in [-0.4, -0.2) is 90.7 Å². The number of H-pyrrole nitrogens is 1. The smallest absolute Gasteiger partial charge is 0.268 e. The molecule has 5 aromatic carbocycles. The van der Waals surface area contributed by atoms with Gasteiger partial charge in [0.15, 0.2) is 5.69 Å². The number of ether oxygens (including phenoxy) is 3. The highest BCUT2D eigenvalue weighted by atomic mass is 35.5. The number of quaternary nitrogens is 1. The van der Waals surface area contributed by atoms with Crippen LogP contribution in [0.2, 0.25) is 5.02 Å². The van der Waals surface area contributed by atoms with Gasteiger partial charge in [-0.3, -0.25) is 4.79 Å². The SMILES string of the molecule is C[N+]([O-])(O)c1cc(S(=O)(=O)NC(=O)c2ccc(NCCNCc3cc(N4CCOCC4)ccc3-c3ccc(Cl)cc3)cc2Oc2cccc3[nH]ccc23)ccc1NCC1CCOCC1. The molecule has 0 saturated carbocycles. The van der Waals surface area contributed by atoms with Crippen molar-refractivity contribution in [2.75, 3.05) is 81.7 Å². The van der Waals surface area contributed by atoms with Crippen LogP contribution in [-0.2, 0) is 26.0 Å². The molecule has 1 atom stereocenters. The summed E-state index contributed by atoms with van der Waals surface area (Å²) in [5.74, 6) is -0.1000. The van der Waals surface area contributed by atoms with Crippen LogP contribution in [0.25, 0.3) is 22.0 Å². The second-order valence-corrected chi connectivity index (χ2v) is 18.1. The van der Waals surface area contributed by atoms with Gasteiger partial charge in [-0.1, -0.05) is 35.9 Å². The second kappa shape index (κ2) is 20.0. The average Bonchev–Trinajstić information content (AvgIpc) is 3.79. The summed E-state index contributed by atoms with van der Waals surface area (Å²) in [5.41, 5.74) is 5.92. The predicted molar refractivity (Wildman–Crippen MR) is 251 cm³/mol. The number of anilines is 3. The van der Waals surface area contributed by atoms with E-state index in [1.165, 1.54) is 18.2 Å². The molecule has 3 heterocycles. The summed E-state index contributed by atoms with van der Waals surface area (Å²) in [4.78, 5) is 17.2. The summed E-state index contributed by atoms with van der Waals surface area (Å²) < 4.78 is 47.1. The van der Waals surface area contributed by atoms with Gasteiger partial charge in [-0.25, -0.2) is 18.3 Å². The maximum absolute atomic E-state index is 13.9. The zero-order valence-electron chi connectivity index (χ0n) is 35.4. The summed E-state index contributed by atoms with van der Waals surface area (Å²) in [6, 6.07) is 30.3. The van der Waals surface area contributed by atoms with Gasteiger partial charge in [-0.2, -0.15) is 4.81 Å². The van der Waals surface area contributed by atoms with E-state index in [0.29, 0.717) is 69.1 Å². The molecule has 2 saturated heterocycles. The Kier molecular flexibility index (Phi) is 14.0. The molecule has 17 heteroatoms. The van der Waals surface area contributed by atoms with Crippen molar-refractivity contribution in [2.45, 2.75) is 24.3 Å². The van der Waals surface area contributed by atoms with E-state index in [-0.39, 0.29) is 33.5 Å². The van der Waals surface area contributed by atoms with E-state index in [9.17, 15) is 23.6 Å². The minimum Gasteiger partial charge on any atom is -0.593 e. The van der Waals surface area contributed by atoms with E-state index in [1.54, 1.807) is 24.4 Å². The lowest BCUT2D eigenvalue weighted by atomic mass is 9.98. The first-order valence-electron chi connectivity index (χ1n) is 21.3. The minimum atomic E-state index is -4.55. The van der Waals surface area contributed by atoms with Gasteiger partial charge < -0.3 is 45.3 Å². The maximum Gasteiger partial charge on any atom is 0.268 e. The van der Waals surface area contributed by atoms with Crippen molar-refractivity contribution in [3.63, 3.8) is 0 Å². The van der Waals surface area contributed by atoms with Crippen LogP contribution in [0.1, 0.15) is 28.8 Å². The third kappa shape index (κ3) is 11.0. The van der Waals surface area contributed by atoms with E-state index < -0.39 is 20.7 Å². The molecule has 1 aromatic heterocycles. The number of halogens is 1. The lowest BCUT2D eigenvalue weighted by Gasteiger charge is -2.31. The number of carbonyl (C=O) groups is 1. The molecule has 0 radical (unpaired) electrons. The molecule has 2 aliphatic rings. The van der Waals surface area contributed by atoms with Crippen LogP contribution in [0, 0.1) is 11.1 Å². The third-order valence-corrected chi connectivity index (χ3v) is 13.0. The number of amides is 1. The van der Waals surface area contributed by atoms with Crippen LogP contribution in [0.4, 0.5) is 22.7 Å². The fraction of sp³-hybridized carbons (Fsp3) is 0.298. The summed E-state index contributed by atoms with van der Waals surface area (Å²) in [7, 11) is -3.57. The number of hydrogen-bond acceptors (Lipinski definition) is 12. The topological polar surface area (TPSA) is 189 Å². The number of nitrogens with zero attached hydrogens (tertiary/aromatic N) is 2. The number of nitrogens with one attached hydrogen (secondary N) is 5. The number of sulfonamides is 1. The molecule has 8 rings (SSSR count). The first-order chi connectivity index (χ1) is 30.9. The molecule has 64 heavy (non-hydrogen) atoms. The summed E-state index contributed by atoms with van der Waals surface area (Å²) in [6.45, 7) is 6.52. The highest BCUT2D eigenvalue weighted by Crippen LogP contribution is 2.35. The molecule has 15 nitrogen and oxygen atoms in total. The van der Waals surface area contributed by atoms with Gasteiger partial charge in [0.25, 0.3) is 15.9 Å². The second-order valence-electron chi connectivity index (χ2n) is 16.0. The molecule has 2 aliphatic heterocycles. The van der Waals surface area contributed by atoms with Crippen molar-refractivity contribution in [2.24, 2.45) is 5.92 Å². The van der Waals surface area contributed by atoms with Crippen molar-refractivity contribution >= 4 is 61.2 Å². The highest BCUT2D eigenvalue weighted by molar-refractivity contribution is 7.90. The van der Waals surface area contributed by atoms with Crippen molar-refractivity contribution in [1.29, 1.82) is 0 Å². The molecule has 6 aromatic rings. The van der Waals surface area contributed by atoms with Gasteiger partial charge in [-0.15, -0.1) is 0 Å². The predicted octanol–water partition coefficient (Wildman–Crippen LogP) is 8.10. The molecule has 0 bridgehead atoms. The van der Waals surface area contributed by atoms with Gasteiger partial charge in [0.1, 0.15) is 18.5 Å². The Morgan fingerprint density at radius 3 is 2.47 bits per heavy atom. The Morgan fingerprint density at radius 2 is 1.69 bits per heavy atom. The molecule has 1 unspecified atom stereocenters. The largest absolute Gasteiger partial charge is 0.593 e. The Morgan fingerprint density at radius 1 is 0.906 bits per heavy atom. The fourth-order valence-electron chi connectivity index (χ4n) is 7.95. The van der Waals surface area contributed by atoms with Gasteiger partial charge >= 0.3 is 0 Å². The lowest BCUT2D eigenvalue weighted by molar-refractivity contribution is -0.00403. The van der Waals surface area contributed by atoms with Crippen LogP contribution in [0.3, 0.4) is 0 Å². The Labute approximate surface area is 377 Å². The van der Waals surface area contributed by atoms with Crippen LogP contribution in [0.15, 0.2) is 114 Å². The Bertz CT molecular complexity index is 2680. The van der Waals surface area contributed by atoms with Crippen molar-refractivity contribution in [3.8, 4) is 22.6 Å². The number of hydrogen-bond donors (Lipinski definition) is 6. The molecular weight excluding hydrogens is 858 g/mol. The number of benzene rings is 5. The van der Waals surface area contributed by atoms with Gasteiger partial charge in [-0.05, 0) is 102 Å². The number of fused-ring (bicyclic) bond motifs is 1. The molecule has 0 aliphatic carbocycles. The van der Waals surface area contributed by atoms with Crippen molar-refractivity contribution in [3.05, 3.63) is 131 Å². The minimum absolute atomic E-state index is 0.0451.